The fourth-order valence-electron chi connectivity index (χ4n) is 0.931. The summed E-state index contributed by atoms with van der Waals surface area (Å²) >= 11 is 0. The zero-order chi connectivity index (χ0) is 7.40. The van der Waals surface area contributed by atoms with Crippen molar-refractivity contribution in [1.82, 2.24) is 5.32 Å². The summed E-state index contributed by atoms with van der Waals surface area (Å²) in [5, 5.41) is 3.01. The second-order valence-corrected chi connectivity index (χ2v) is 2.19. The van der Waals surface area contributed by atoms with Gasteiger partial charge in [0.15, 0.2) is 0 Å². The fourth-order valence-corrected chi connectivity index (χ4v) is 0.931. The Bertz CT molecular complexity index is 154. The number of esters is 1. The predicted molar refractivity (Wildman–Crippen MR) is 37.6 cm³/mol. The molecule has 0 aromatic carbocycles. The van der Waals surface area contributed by atoms with Crippen LogP contribution in [0.1, 0.15) is 6.42 Å². The van der Waals surface area contributed by atoms with E-state index in [4.69, 9.17) is 0 Å². The van der Waals surface area contributed by atoms with Crippen molar-refractivity contribution in [2.24, 2.45) is 0 Å². The van der Waals surface area contributed by atoms with E-state index < -0.39 is 0 Å². The van der Waals surface area contributed by atoms with E-state index in [-0.39, 0.29) is 12.0 Å². The van der Waals surface area contributed by atoms with Crippen LogP contribution in [0.25, 0.3) is 0 Å². The molecule has 10 heavy (non-hydrogen) atoms. The number of carbonyl (C=O) groups is 1. The molecule has 1 heterocycles. The molecule has 3 nitrogen and oxygen atoms in total. The van der Waals surface area contributed by atoms with Gasteiger partial charge in [0.05, 0.1) is 7.11 Å². The lowest BCUT2D eigenvalue weighted by molar-refractivity contribution is -0.143. The highest BCUT2D eigenvalue weighted by Gasteiger charge is 2.17. The summed E-state index contributed by atoms with van der Waals surface area (Å²) < 4.78 is 4.55. The van der Waals surface area contributed by atoms with E-state index in [1.807, 2.05) is 12.2 Å². The van der Waals surface area contributed by atoms with Gasteiger partial charge in [0.2, 0.25) is 0 Å². The van der Waals surface area contributed by atoms with Gasteiger partial charge in [-0.15, -0.1) is 0 Å². The number of ether oxygens (including phenoxy) is 1. The summed E-state index contributed by atoms with van der Waals surface area (Å²) in [6, 6.07) is -0.130. The van der Waals surface area contributed by atoms with E-state index in [1.54, 1.807) is 0 Å². The lowest BCUT2D eigenvalue weighted by atomic mass is 10.1. The Morgan fingerprint density at radius 1 is 1.70 bits per heavy atom. The van der Waals surface area contributed by atoms with E-state index in [0.29, 0.717) is 0 Å². The highest BCUT2D eigenvalue weighted by Crippen LogP contribution is 2.00. The van der Waals surface area contributed by atoms with E-state index in [2.05, 4.69) is 10.1 Å². The molecule has 0 saturated carbocycles. The van der Waals surface area contributed by atoms with Crippen LogP contribution in [-0.4, -0.2) is 25.7 Å². The molecule has 56 valence electrons. The average molecular weight is 141 g/mol. The summed E-state index contributed by atoms with van der Waals surface area (Å²) in [4.78, 5) is 10.8. The molecular formula is C7H11NO2. The van der Waals surface area contributed by atoms with Crippen LogP contribution < -0.4 is 5.32 Å². The van der Waals surface area contributed by atoms with Crippen molar-refractivity contribution < 1.29 is 9.53 Å². The molecule has 1 aliphatic rings. The van der Waals surface area contributed by atoms with Crippen LogP contribution in [0.2, 0.25) is 0 Å². The first-order chi connectivity index (χ1) is 4.84. The van der Waals surface area contributed by atoms with E-state index >= 15 is 0 Å². The molecule has 0 unspecified atom stereocenters. The molecule has 0 radical (unpaired) electrons. The smallest absolute Gasteiger partial charge is 0.323 e. The number of hydrogen-bond donors (Lipinski definition) is 1. The molecular weight excluding hydrogens is 130 g/mol. The monoisotopic (exact) mass is 141 g/mol. The van der Waals surface area contributed by atoms with Crippen molar-refractivity contribution in [2.75, 3.05) is 13.7 Å². The molecule has 0 spiro atoms. The Kier molecular flexibility index (Phi) is 2.45. The summed E-state index contributed by atoms with van der Waals surface area (Å²) in [6.45, 7) is 0.764. The molecule has 0 aliphatic carbocycles. The van der Waals surface area contributed by atoms with Crippen LogP contribution >= 0.6 is 0 Å². The van der Waals surface area contributed by atoms with Gasteiger partial charge in [-0.25, -0.2) is 0 Å². The Hall–Kier alpha value is -0.830. The lowest BCUT2D eigenvalue weighted by Gasteiger charge is -2.16. The molecule has 1 rings (SSSR count). The molecule has 0 aromatic rings. The first-order valence-electron chi connectivity index (χ1n) is 3.31. The largest absolute Gasteiger partial charge is 0.468 e. The van der Waals surface area contributed by atoms with Crippen molar-refractivity contribution >= 4 is 5.97 Å². The summed E-state index contributed by atoms with van der Waals surface area (Å²) in [6.07, 6.45) is 4.73. The van der Waals surface area contributed by atoms with Crippen LogP contribution in [0.5, 0.6) is 0 Å². The van der Waals surface area contributed by atoms with Crippen molar-refractivity contribution in [3.05, 3.63) is 12.2 Å². The molecule has 1 N–H and O–H groups in total. The molecule has 1 atom stereocenters. The summed E-state index contributed by atoms with van der Waals surface area (Å²) in [5.74, 6) is -0.177. The molecule has 0 amide bonds. The molecule has 3 heteroatoms. The van der Waals surface area contributed by atoms with Gasteiger partial charge in [0, 0.05) is 6.54 Å². The van der Waals surface area contributed by atoms with Gasteiger partial charge < -0.3 is 10.1 Å². The maximum Gasteiger partial charge on any atom is 0.323 e. The zero-order valence-electron chi connectivity index (χ0n) is 5.96. The van der Waals surface area contributed by atoms with E-state index in [1.165, 1.54) is 7.11 Å². The van der Waals surface area contributed by atoms with Gasteiger partial charge >= 0.3 is 5.97 Å². The third-order valence-electron chi connectivity index (χ3n) is 1.51. The second-order valence-electron chi connectivity index (χ2n) is 2.19. The predicted octanol–water partition coefficient (Wildman–Crippen LogP) is 0.0775. The first kappa shape index (κ1) is 7.28. The van der Waals surface area contributed by atoms with Crippen LogP contribution in [0.15, 0.2) is 12.2 Å². The normalized spacial score (nSPS) is 24.3. The minimum Gasteiger partial charge on any atom is -0.468 e. The number of methoxy groups -OCH3 is 1. The van der Waals surface area contributed by atoms with Crippen molar-refractivity contribution in [3.8, 4) is 0 Å². The van der Waals surface area contributed by atoms with Crippen molar-refractivity contribution in [3.63, 3.8) is 0 Å². The highest BCUT2D eigenvalue weighted by atomic mass is 16.5. The number of carbonyl (C=O) groups excluding carboxylic acids is 1. The lowest BCUT2D eigenvalue weighted by Crippen LogP contribution is -2.39. The van der Waals surface area contributed by atoms with Gasteiger partial charge in [-0.3, -0.25) is 4.79 Å². The number of rotatable bonds is 1. The van der Waals surface area contributed by atoms with Crippen molar-refractivity contribution in [1.29, 1.82) is 0 Å². The Morgan fingerprint density at radius 2 is 2.50 bits per heavy atom. The molecule has 1 aliphatic heterocycles. The third kappa shape index (κ3) is 1.57. The van der Waals surface area contributed by atoms with Gasteiger partial charge in [-0.1, -0.05) is 12.2 Å². The number of hydrogen-bond acceptors (Lipinski definition) is 3. The van der Waals surface area contributed by atoms with E-state index in [9.17, 15) is 4.79 Å². The SMILES string of the molecule is COC(=O)[C@H]1CC=CCN1. The summed E-state index contributed by atoms with van der Waals surface area (Å²) in [5.41, 5.74) is 0. The number of nitrogens with one attached hydrogen (secondary N) is 1. The molecule has 0 fully saturated rings. The molecule has 0 aromatic heterocycles. The fraction of sp³-hybridized carbons (Fsp3) is 0.571. The summed E-state index contributed by atoms with van der Waals surface area (Å²) in [7, 11) is 1.41. The Labute approximate surface area is 60.1 Å². The Balaban J connectivity index is 2.41. The standard InChI is InChI=1S/C7H11NO2/c1-10-7(9)6-4-2-3-5-8-6/h2-3,6,8H,4-5H2,1H3/t6-/m1/s1. The van der Waals surface area contributed by atoms with Gasteiger partial charge in [0.25, 0.3) is 0 Å². The molecule has 0 saturated heterocycles. The van der Waals surface area contributed by atoms with Crippen LogP contribution in [-0.2, 0) is 9.53 Å². The zero-order valence-corrected chi connectivity index (χ0v) is 5.96. The molecule has 0 bridgehead atoms. The van der Waals surface area contributed by atoms with Crippen LogP contribution in [0.4, 0.5) is 0 Å². The maximum absolute atomic E-state index is 10.8. The van der Waals surface area contributed by atoms with Gasteiger partial charge in [-0.2, -0.15) is 0 Å². The highest BCUT2D eigenvalue weighted by molar-refractivity contribution is 5.76. The van der Waals surface area contributed by atoms with Gasteiger partial charge in [0.1, 0.15) is 6.04 Å². The third-order valence-corrected chi connectivity index (χ3v) is 1.51. The Morgan fingerprint density at radius 3 is 3.00 bits per heavy atom. The van der Waals surface area contributed by atoms with Gasteiger partial charge in [-0.05, 0) is 6.42 Å². The van der Waals surface area contributed by atoms with Crippen molar-refractivity contribution in [2.45, 2.75) is 12.5 Å². The van der Waals surface area contributed by atoms with E-state index in [0.717, 1.165) is 13.0 Å². The quantitative estimate of drug-likeness (QED) is 0.415. The van der Waals surface area contributed by atoms with Crippen LogP contribution in [0, 0.1) is 0 Å². The van der Waals surface area contributed by atoms with Crippen LogP contribution in [0.3, 0.4) is 0 Å². The minimum atomic E-state index is -0.177. The minimum absolute atomic E-state index is 0.130. The first-order valence-corrected chi connectivity index (χ1v) is 3.31. The average Bonchev–Trinajstić information content (AvgIpc) is 2.05. The maximum atomic E-state index is 10.8. The topological polar surface area (TPSA) is 38.3 Å². The second kappa shape index (κ2) is 3.37.